The van der Waals surface area contributed by atoms with Gasteiger partial charge in [-0.15, -0.1) is 0 Å². The highest BCUT2D eigenvalue weighted by Gasteiger charge is 2.41. The van der Waals surface area contributed by atoms with Crippen LogP contribution >= 0.6 is 0 Å². The molecule has 1 aromatic carbocycles. The summed E-state index contributed by atoms with van der Waals surface area (Å²) in [6.45, 7) is 4.39. The van der Waals surface area contributed by atoms with Crippen LogP contribution in [0.3, 0.4) is 0 Å². The zero-order valence-corrected chi connectivity index (χ0v) is 19.9. The van der Waals surface area contributed by atoms with Crippen LogP contribution in [0.25, 0.3) is 11.2 Å². The smallest absolute Gasteiger partial charge is 0.389 e. The van der Waals surface area contributed by atoms with Crippen LogP contribution in [0.5, 0.6) is 6.01 Å². The minimum atomic E-state index is -4.34. The molecule has 7 nitrogen and oxygen atoms in total. The molecular weight excluding hydrogens is 464 g/mol. The Bertz CT molecular complexity index is 1240. The minimum absolute atomic E-state index is 0.00855. The van der Waals surface area contributed by atoms with Crippen molar-refractivity contribution in [3.8, 4) is 6.01 Å². The number of methoxy groups -OCH3 is 1. The maximum Gasteiger partial charge on any atom is 0.389 e. The summed E-state index contributed by atoms with van der Waals surface area (Å²) in [5, 5.41) is 0. The average Bonchev–Trinajstić information content (AvgIpc) is 3.46. The van der Waals surface area contributed by atoms with E-state index < -0.39 is 18.4 Å². The number of nitrogens with zero attached hydrogens (tertiary/aromatic N) is 6. The number of aromatic nitrogens is 4. The number of benzene rings is 1. The van der Waals surface area contributed by atoms with Crippen molar-refractivity contribution in [3.63, 3.8) is 0 Å². The molecule has 2 aliphatic heterocycles. The van der Waals surface area contributed by atoms with Crippen molar-refractivity contribution in [1.29, 1.82) is 0 Å². The van der Waals surface area contributed by atoms with Crippen LogP contribution in [-0.4, -0.2) is 74.8 Å². The first kappa shape index (κ1) is 23.9. The minimum Gasteiger partial charge on any atom is -0.467 e. The van der Waals surface area contributed by atoms with Crippen molar-refractivity contribution in [2.24, 2.45) is 0 Å². The van der Waals surface area contributed by atoms with E-state index in [1.807, 2.05) is 6.07 Å². The third kappa shape index (κ3) is 4.84. The van der Waals surface area contributed by atoms with Gasteiger partial charge in [-0.05, 0) is 32.0 Å². The number of piperazine rings is 1. The lowest BCUT2D eigenvalue weighted by atomic mass is 10.1. The highest BCUT2D eigenvalue weighted by Crippen LogP contribution is 2.31. The summed E-state index contributed by atoms with van der Waals surface area (Å²) < 4.78 is 60.7. The number of halogens is 4. The largest absolute Gasteiger partial charge is 0.467 e. The van der Waals surface area contributed by atoms with Gasteiger partial charge in [0, 0.05) is 43.7 Å². The number of aryl methyl sites for hydroxylation is 2. The molecule has 0 amide bonds. The monoisotopic (exact) mass is 492 g/mol. The van der Waals surface area contributed by atoms with Crippen LogP contribution in [0, 0.1) is 12.7 Å². The van der Waals surface area contributed by atoms with Gasteiger partial charge in [-0.1, -0.05) is 12.1 Å². The molecule has 5 rings (SSSR count). The molecule has 0 radical (unpaired) electrons. The fourth-order valence-corrected chi connectivity index (χ4v) is 5.22. The Morgan fingerprint density at radius 3 is 2.51 bits per heavy atom. The van der Waals surface area contributed by atoms with Gasteiger partial charge in [0.05, 0.1) is 25.8 Å². The molecule has 0 aliphatic carbocycles. The molecule has 0 unspecified atom stereocenters. The maximum absolute atomic E-state index is 15.2. The first-order chi connectivity index (χ1) is 16.6. The summed E-state index contributed by atoms with van der Waals surface area (Å²) in [4.78, 5) is 17.6. The number of ether oxygens (including phenoxy) is 1. The maximum atomic E-state index is 15.2. The van der Waals surface area contributed by atoms with Gasteiger partial charge >= 0.3 is 12.2 Å². The summed E-state index contributed by atoms with van der Waals surface area (Å²) in [5.41, 5.74) is 2.44. The number of hydrogen-bond donors (Lipinski definition) is 0. The van der Waals surface area contributed by atoms with Gasteiger partial charge in [-0.2, -0.15) is 23.1 Å². The van der Waals surface area contributed by atoms with Crippen LogP contribution in [0.2, 0.25) is 0 Å². The molecule has 11 heteroatoms. The Morgan fingerprint density at radius 1 is 1.09 bits per heavy atom. The zero-order valence-electron chi connectivity index (χ0n) is 19.9. The van der Waals surface area contributed by atoms with Gasteiger partial charge < -0.3 is 14.2 Å². The first-order valence-electron chi connectivity index (χ1n) is 11.7. The Morgan fingerprint density at radius 2 is 1.89 bits per heavy atom. The van der Waals surface area contributed by atoms with Crippen LogP contribution in [0.1, 0.15) is 35.5 Å². The van der Waals surface area contributed by atoms with Gasteiger partial charge in [-0.25, -0.2) is 9.37 Å². The van der Waals surface area contributed by atoms with Crippen molar-refractivity contribution < 1.29 is 22.3 Å². The van der Waals surface area contributed by atoms with Gasteiger partial charge in [0.15, 0.2) is 5.65 Å². The normalized spacial score (nSPS) is 20.9. The average molecular weight is 493 g/mol. The molecule has 2 aromatic heterocycles. The Hall–Kier alpha value is -2.79. The van der Waals surface area contributed by atoms with Gasteiger partial charge in [-0.3, -0.25) is 4.90 Å². The molecule has 3 aromatic rings. The van der Waals surface area contributed by atoms with Crippen LogP contribution in [0.15, 0.2) is 18.2 Å². The predicted molar refractivity (Wildman–Crippen MR) is 122 cm³/mol. The lowest BCUT2D eigenvalue weighted by molar-refractivity contribution is -0.134. The van der Waals surface area contributed by atoms with E-state index in [0.29, 0.717) is 41.0 Å². The topological polar surface area (TPSA) is 59.3 Å². The molecule has 2 fully saturated rings. The predicted octanol–water partition coefficient (Wildman–Crippen LogP) is 3.71. The standard InChI is InChI=1S/C24H28F4N6O/c1-14-21-22(31-23(29-14)35-3)34(20(30-21)6-7-24(26,27)28)11-16-5-4-15(8-19(16)25)10-33-13-17-9-18(33)12-32(17)2/h4-5,8,17-18H,6-7,9-13H2,1-3H3/t17-,18-/m1/s1. The number of likely N-dealkylation sites (tertiary alicyclic amines) is 2. The van der Waals surface area contributed by atoms with E-state index in [-0.39, 0.29) is 24.8 Å². The van der Waals surface area contributed by atoms with E-state index in [4.69, 9.17) is 4.74 Å². The molecule has 2 atom stereocenters. The molecule has 2 aliphatic rings. The number of alkyl halides is 3. The second kappa shape index (κ2) is 9.02. The third-order valence-corrected chi connectivity index (χ3v) is 7.10. The number of rotatable bonds is 7. The van der Waals surface area contributed by atoms with Crippen molar-refractivity contribution in [3.05, 3.63) is 46.7 Å². The SMILES string of the molecule is COc1nc(C)c2nc(CCC(F)(F)F)n(Cc3ccc(CN4C[C@H]5C[C@@H]4CN5C)cc3F)c2n1. The zero-order chi connectivity index (χ0) is 24.9. The molecular formula is C24H28F4N6O. The summed E-state index contributed by atoms with van der Waals surface area (Å²) in [6, 6.07) is 6.27. The fourth-order valence-electron chi connectivity index (χ4n) is 5.22. The second-order valence-corrected chi connectivity index (χ2v) is 9.54. The molecule has 0 N–H and O–H groups in total. The van der Waals surface area contributed by atoms with Crippen molar-refractivity contribution in [1.82, 2.24) is 29.3 Å². The van der Waals surface area contributed by atoms with Crippen molar-refractivity contribution >= 4 is 11.2 Å². The first-order valence-corrected chi connectivity index (χ1v) is 11.7. The van der Waals surface area contributed by atoms with E-state index in [1.54, 1.807) is 13.0 Å². The third-order valence-electron chi connectivity index (χ3n) is 7.10. The molecule has 0 saturated carbocycles. The molecule has 188 valence electrons. The van der Waals surface area contributed by atoms with E-state index in [9.17, 15) is 13.2 Å². The Balaban J connectivity index is 1.42. The van der Waals surface area contributed by atoms with Crippen LogP contribution < -0.4 is 4.74 Å². The molecule has 2 saturated heterocycles. The highest BCUT2D eigenvalue weighted by atomic mass is 19.4. The number of hydrogen-bond acceptors (Lipinski definition) is 6. The lowest BCUT2D eigenvalue weighted by Gasteiger charge is -2.31. The van der Waals surface area contributed by atoms with Gasteiger partial charge in [0.1, 0.15) is 17.2 Å². The van der Waals surface area contributed by atoms with E-state index in [2.05, 4.69) is 31.8 Å². The molecule has 4 heterocycles. The van der Waals surface area contributed by atoms with Gasteiger partial charge in [0.2, 0.25) is 0 Å². The Labute approximate surface area is 200 Å². The molecule has 0 spiro atoms. The summed E-state index contributed by atoms with van der Waals surface area (Å²) >= 11 is 0. The van der Waals surface area contributed by atoms with E-state index in [0.717, 1.165) is 25.1 Å². The van der Waals surface area contributed by atoms with E-state index in [1.165, 1.54) is 17.7 Å². The number of imidazole rings is 1. The summed E-state index contributed by atoms with van der Waals surface area (Å²) in [7, 11) is 3.55. The number of fused-ring (bicyclic) bond motifs is 3. The fraction of sp³-hybridized carbons (Fsp3) is 0.542. The summed E-state index contributed by atoms with van der Waals surface area (Å²) in [6.07, 6.45) is -4.56. The number of likely N-dealkylation sites (N-methyl/N-ethyl adjacent to an activating group) is 1. The van der Waals surface area contributed by atoms with Crippen molar-refractivity contribution in [2.45, 2.75) is 57.5 Å². The molecule has 2 bridgehead atoms. The van der Waals surface area contributed by atoms with Gasteiger partial charge in [0.25, 0.3) is 0 Å². The van der Waals surface area contributed by atoms with E-state index >= 15 is 4.39 Å². The van der Waals surface area contributed by atoms with Crippen LogP contribution in [0.4, 0.5) is 17.6 Å². The second-order valence-electron chi connectivity index (χ2n) is 9.54. The van der Waals surface area contributed by atoms with Crippen LogP contribution in [-0.2, 0) is 19.5 Å². The quantitative estimate of drug-likeness (QED) is 0.469. The Kier molecular flexibility index (Phi) is 6.16. The summed E-state index contributed by atoms with van der Waals surface area (Å²) in [5.74, 6) is -0.214. The highest BCUT2D eigenvalue weighted by molar-refractivity contribution is 5.74. The molecule has 35 heavy (non-hydrogen) atoms. The van der Waals surface area contributed by atoms with Crippen molar-refractivity contribution in [2.75, 3.05) is 27.2 Å². The lowest BCUT2D eigenvalue weighted by Crippen LogP contribution is -2.43.